The van der Waals surface area contributed by atoms with E-state index < -0.39 is 28.0 Å². The Hall–Kier alpha value is -8.34. The topological polar surface area (TPSA) is 196 Å². The van der Waals surface area contributed by atoms with Crippen LogP contribution in [0.25, 0.3) is 0 Å². The lowest BCUT2D eigenvalue weighted by atomic mass is 9.86. The van der Waals surface area contributed by atoms with Crippen LogP contribution in [0.5, 0.6) is 5.75 Å². The molecule has 6 aromatic rings. The Labute approximate surface area is 410 Å². The maximum absolute atomic E-state index is 14.8. The minimum atomic E-state index is -0.779. The second-order valence-electron chi connectivity index (χ2n) is 19.2. The van der Waals surface area contributed by atoms with Gasteiger partial charge in [0.2, 0.25) is 17.7 Å². The van der Waals surface area contributed by atoms with Gasteiger partial charge >= 0.3 is 0 Å². The standard InChI is InChI=1S/C19H19N3O2.C18H19N3O3.C17H16FN3O2/c1-19(2)15-6-3-13(21-17(23)12-7-9-20-10-8-12)11-16(15)22(18(19)24)14-4-5-14;1-18(2)13-6-5-11(9-14(13)21(3)17(18)23)20-16(22)12-7-8-19-10-15(12)24-4;1-17(2)11-4-5-12(13(18)14(11)21(3)16(17)23)20-15(22)10-6-8-19-9-7-10/h3,6-11,14H,4-5H2,1-2H3,(H,21,23);5-10H,1-4H3,(H,20,22);4-9H,1-3H3,(H,20,22). The fraction of sp³-hybridized carbons (Fsp3) is 0.278. The third kappa shape index (κ3) is 9.18. The Morgan fingerprint density at radius 3 is 1.65 bits per heavy atom. The van der Waals surface area contributed by atoms with Crippen LogP contribution in [-0.2, 0) is 30.6 Å². The lowest BCUT2D eigenvalue weighted by Crippen LogP contribution is -2.37. The first kappa shape index (κ1) is 49.1. The van der Waals surface area contributed by atoms with Gasteiger partial charge in [-0.25, -0.2) is 4.39 Å². The zero-order chi connectivity index (χ0) is 51.2. The number of benzene rings is 3. The van der Waals surface area contributed by atoms with Gasteiger partial charge in [0.05, 0.1) is 52.2 Å². The molecule has 1 aliphatic carbocycles. The van der Waals surface area contributed by atoms with E-state index in [4.69, 9.17) is 4.74 Å². The molecule has 3 N–H and O–H groups in total. The third-order valence-electron chi connectivity index (χ3n) is 13.3. The zero-order valence-electron chi connectivity index (χ0n) is 40.9. The number of hydrogen-bond donors (Lipinski definition) is 3. The average molecular weight is 960 g/mol. The fourth-order valence-corrected chi connectivity index (χ4v) is 9.08. The lowest BCUT2D eigenvalue weighted by Gasteiger charge is -2.19. The first-order chi connectivity index (χ1) is 33.7. The Kier molecular flexibility index (Phi) is 13.0. The van der Waals surface area contributed by atoms with Gasteiger partial charge in [0.1, 0.15) is 5.75 Å². The van der Waals surface area contributed by atoms with E-state index in [9.17, 15) is 33.2 Å². The van der Waals surface area contributed by atoms with Crippen LogP contribution in [0.2, 0.25) is 0 Å². The van der Waals surface area contributed by atoms with E-state index in [1.807, 2.05) is 62.9 Å². The van der Waals surface area contributed by atoms with E-state index in [2.05, 4.69) is 30.9 Å². The van der Waals surface area contributed by atoms with Gasteiger partial charge in [0.25, 0.3) is 17.7 Å². The maximum Gasteiger partial charge on any atom is 0.259 e. The molecule has 71 heavy (non-hydrogen) atoms. The molecule has 4 aliphatic rings. The van der Waals surface area contributed by atoms with E-state index in [0.29, 0.717) is 45.4 Å². The highest BCUT2D eigenvalue weighted by atomic mass is 19.1. The molecule has 0 spiro atoms. The highest BCUT2D eigenvalue weighted by Crippen LogP contribution is 2.48. The molecule has 16 nitrogen and oxygen atoms in total. The molecule has 6 amide bonds. The van der Waals surface area contributed by atoms with Crippen molar-refractivity contribution in [1.82, 2.24) is 15.0 Å². The summed E-state index contributed by atoms with van der Waals surface area (Å²) in [6.45, 7) is 11.2. The highest BCUT2D eigenvalue weighted by Gasteiger charge is 2.49. The Balaban J connectivity index is 0.000000143. The monoisotopic (exact) mass is 959 g/mol. The number of carbonyl (C=O) groups is 6. The summed E-state index contributed by atoms with van der Waals surface area (Å²) >= 11 is 0. The van der Waals surface area contributed by atoms with E-state index in [1.54, 1.807) is 80.7 Å². The molecule has 0 saturated heterocycles. The number of likely N-dealkylation sites (N-methyl/N-ethyl adjacent to an activating group) is 2. The van der Waals surface area contributed by atoms with E-state index in [1.165, 1.54) is 49.9 Å². The van der Waals surface area contributed by atoms with Crippen molar-refractivity contribution in [3.63, 3.8) is 0 Å². The lowest BCUT2D eigenvalue weighted by molar-refractivity contribution is -0.122. The SMILES string of the molecule is CC1(C)C(=O)N(C2CC2)c2cc(NC(=O)c3ccncc3)ccc21.CN1C(=O)C(C)(C)c2ccc(NC(=O)c3ccncc3)c(F)c21.COc1cnccc1C(=O)Nc1ccc2c(c1)N(C)C(=O)C2(C)C. The Morgan fingerprint density at radius 1 is 0.592 bits per heavy atom. The number of rotatable bonds is 8. The van der Waals surface area contributed by atoms with Crippen LogP contribution in [0.4, 0.5) is 38.5 Å². The van der Waals surface area contributed by atoms with E-state index >= 15 is 0 Å². The minimum absolute atomic E-state index is 0.0387. The number of amides is 6. The van der Waals surface area contributed by atoms with Crippen molar-refractivity contribution in [3.8, 4) is 5.75 Å². The van der Waals surface area contributed by atoms with Gasteiger partial charge < -0.3 is 35.4 Å². The average Bonchev–Trinajstić information content (AvgIpc) is 4.13. The molecule has 3 aliphatic heterocycles. The van der Waals surface area contributed by atoms with Crippen molar-refractivity contribution in [2.24, 2.45) is 0 Å². The number of methoxy groups -OCH3 is 1. The highest BCUT2D eigenvalue weighted by molar-refractivity contribution is 6.12. The summed E-state index contributed by atoms with van der Waals surface area (Å²) in [4.78, 5) is 90.8. The van der Waals surface area contributed by atoms with E-state index in [-0.39, 0.29) is 40.9 Å². The van der Waals surface area contributed by atoms with Crippen molar-refractivity contribution in [3.05, 3.63) is 155 Å². The second-order valence-corrected chi connectivity index (χ2v) is 19.2. The first-order valence-corrected chi connectivity index (χ1v) is 22.9. The predicted octanol–water partition coefficient (Wildman–Crippen LogP) is 8.44. The van der Waals surface area contributed by atoms with Gasteiger partial charge in [-0.1, -0.05) is 18.2 Å². The number of pyridine rings is 3. The Morgan fingerprint density at radius 2 is 1.07 bits per heavy atom. The molecular weight excluding hydrogens is 906 g/mol. The number of hydrogen-bond acceptors (Lipinski definition) is 10. The van der Waals surface area contributed by atoms with Crippen LogP contribution in [-0.4, -0.2) is 77.6 Å². The number of fused-ring (bicyclic) bond motifs is 3. The maximum atomic E-state index is 14.8. The summed E-state index contributed by atoms with van der Waals surface area (Å²) in [5, 5.41) is 8.29. The number of anilines is 6. The van der Waals surface area contributed by atoms with Crippen molar-refractivity contribution in [2.45, 2.75) is 76.7 Å². The third-order valence-corrected chi connectivity index (χ3v) is 13.3. The van der Waals surface area contributed by atoms with Crippen molar-refractivity contribution in [2.75, 3.05) is 51.9 Å². The summed E-state index contributed by atoms with van der Waals surface area (Å²) < 4.78 is 20.0. The summed E-state index contributed by atoms with van der Waals surface area (Å²) in [7, 11) is 4.77. The molecule has 0 radical (unpaired) electrons. The summed E-state index contributed by atoms with van der Waals surface area (Å²) in [6.07, 6.45) is 11.3. The summed E-state index contributed by atoms with van der Waals surface area (Å²) in [5.74, 6) is -1.09. The fourth-order valence-electron chi connectivity index (χ4n) is 9.08. The molecule has 0 bridgehead atoms. The summed E-state index contributed by atoms with van der Waals surface area (Å²) in [5.41, 5.74) is 5.41. The molecule has 1 saturated carbocycles. The minimum Gasteiger partial charge on any atom is -0.494 e. The van der Waals surface area contributed by atoms with Gasteiger partial charge in [-0.3, -0.25) is 43.7 Å². The van der Waals surface area contributed by atoms with Crippen molar-refractivity contribution >= 4 is 69.6 Å². The van der Waals surface area contributed by atoms with Gasteiger partial charge in [0, 0.05) is 79.3 Å². The number of nitrogens with zero attached hydrogens (tertiary/aromatic N) is 6. The normalized spacial score (nSPS) is 16.4. The second kappa shape index (κ2) is 18.9. The predicted molar refractivity (Wildman–Crippen MR) is 269 cm³/mol. The zero-order valence-corrected chi connectivity index (χ0v) is 40.9. The number of halogens is 1. The number of ether oxygens (including phenoxy) is 1. The molecule has 1 fully saturated rings. The quantitative estimate of drug-likeness (QED) is 0.133. The molecule has 6 heterocycles. The molecule has 17 heteroatoms. The molecule has 3 aromatic carbocycles. The van der Waals surface area contributed by atoms with Crippen molar-refractivity contribution in [1.29, 1.82) is 0 Å². The van der Waals surface area contributed by atoms with Crippen LogP contribution in [0.15, 0.2) is 116 Å². The molecule has 10 rings (SSSR count). The Bertz CT molecular complexity index is 3120. The van der Waals surface area contributed by atoms with Crippen LogP contribution < -0.4 is 35.4 Å². The van der Waals surface area contributed by atoms with Gasteiger partial charge in [-0.15, -0.1) is 0 Å². The number of nitrogens with one attached hydrogen (secondary N) is 3. The van der Waals surface area contributed by atoms with Gasteiger partial charge in [-0.05, 0) is 132 Å². The van der Waals surface area contributed by atoms with Crippen LogP contribution in [0.1, 0.15) is 102 Å². The van der Waals surface area contributed by atoms with Crippen LogP contribution in [0, 0.1) is 5.82 Å². The number of aromatic nitrogens is 3. The molecule has 3 aromatic heterocycles. The van der Waals surface area contributed by atoms with Crippen LogP contribution >= 0.6 is 0 Å². The smallest absolute Gasteiger partial charge is 0.259 e. The molecular formula is C54H54FN9O7. The van der Waals surface area contributed by atoms with Gasteiger partial charge in [-0.2, -0.15) is 0 Å². The first-order valence-electron chi connectivity index (χ1n) is 22.9. The number of carbonyl (C=O) groups excluding carboxylic acids is 6. The largest absolute Gasteiger partial charge is 0.494 e. The van der Waals surface area contributed by atoms with Gasteiger partial charge in [0.15, 0.2) is 5.82 Å². The van der Waals surface area contributed by atoms with E-state index in [0.717, 1.165) is 35.3 Å². The van der Waals surface area contributed by atoms with Crippen LogP contribution in [0.3, 0.4) is 0 Å². The molecule has 0 atom stereocenters. The summed E-state index contributed by atoms with van der Waals surface area (Å²) in [6, 6.07) is 22.7. The van der Waals surface area contributed by atoms with Crippen molar-refractivity contribution < 1.29 is 37.9 Å². The molecule has 0 unspecified atom stereocenters. The molecule has 364 valence electrons.